The highest BCUT2D eigenvalue weighted by atomic mass is 15.2. The molecule has 0 aliphatic heterocycles. The van der Waals surface area contributed by atoms with E-state index in [1.165, 1.54) is 0 Å². The number of benzene rings is 1. The maximum atomic E-state index is 7.48. The molecule has 10 heteroatoms. The van der Waals surface area contributed by atoms with E-state index < -0.39 is 0 Å². The summed E-state index contributed by atoms with van der Waals surface area (Å²) >= 11 is 0. The van der Waals surface area contributed by atoms with Crippen molar-refractivity contribution in [2.24, 2.45) is 17.4 Å². The number of hydrogen-bond donors (Lipinski definition) is 7. The number of hydrogen-bond acceptors (Lipinski definition) is 8. The van der Waals surface area contributed by atoms with Crippen LogP contribution in [0.2, 0.25) is 0 Å². The van der Waals surface area contributed by atoms with E-state index in [4.69, 9.17) is 28.0 Å². The van der Waals surface area contributed by atoms with Crippen LogP contribution >= 0.6 is 0 Å². The maximum absolute atomic E-state index is 7.48. The molecule has 10 nitrogen and oxygen atoms in total. The molecule has 10 N–H and O–H groups in total. The molecule has 3 rings (SSSR count). The van der Waals surface area contributed by atoms with Gasteiger partial charge in [-0.2, -0.15) is 15.0 Å². The van der Waals surface area contributed by atoms with E-state index >= 15 is 0 Å². The van der Waals surface area contributed by atoms with Crippen molar-refractivity contribution >= 4 is 35.2 Å². The highest BCUT2D eigenvalue weighted by molar-refractivity contribution is 5.95. The lowest BCUT2D eigenvalue weighted by atomic mass is 9.98. The van der Waals surface area contributed by atoms with Crippen LogP contribution in [-0.4, -0.2) is 26.6 Å². The molecule has 0 saturated carbocycles. The van der Waals surface area contributed by atoms with Crippen molar-refractivity contribution in [2.45, 2.75) is 6.42 Å². The van der Waals surface area contributed by atoms with Crippen LogP contribution < -0.4 is 27.8 Å². The highest BCUT2D eigenvalue weighted by Crippen LogP contribution is 2.19. The van der Waals surface area contributed by atoms with E-state index in [0.29, 0.717) is 17.9 Å². The molecule has 0 spiro atoms. The average molecular weight is 364 g/mol. The van der Waals surface area contributed by atoms with E-state index in [1.54, 1.807) is 24.3 Å². The van der Waals surface area contributed by atoms with Gasteiger partial charge in [-0.05, 0) is 36.8 Å². The smallest absolute Gasteiger partial charge is 0.233 e. The van der Waals surface area contributed by atoms with E-state index in [0.717, 1.165) is 11.4 Å². The highest BCUT2D eigenvalue weighted by Gasteiger charge is 2.12. The third-order valence-corrected chi connectivity index (χ3v) is 3.86. The molecular formula is C17H20N10. The van der Waals surface area contributed by atoms with E-state index in [9.17, 15) is 0 Å². The summed E-state index contributed by atoms with van der Waals surface area (Å²) in [6.07, 6.45) is 6.22. The third-order valence-electron chi connectivity index (χ3n) is 3.86. The van der Waals surface area contributed by atoms with Gasteiger partial charge in [-0.3, -0.25) is 10.8 Å². The van der Waals surface area contributed by atoms with Gasteiger partial charge in [0.25, 0.3) is 0 Å². The number of nitrogens with zero attached hydrogens (tertiary/aromatic N) is 3. The molecule has 0 fully saturated rings. The van der Waals surface area contributed by atoms with Gasteiger partial charge in [-0.1, -0.05) is 12.2 Å². The Hall–Kier alpha value is -3.95. The minimum Gasteiger partial charge on any atom is -0.387 e. The summed E-state index contributed by atoms with van der Waals surface area (Å²) < 4.78 is 0. The van der Waals surface area contributed by atoms with Crippen LogP contribution in [0.1, 0.15) is 12.0 Å². The van der Waals surface area contributed by atoms with Crippen molar-refractivity contribution in [2.75, 3.05) is 16.4 Å². The normalized spacial score (nSPS) is 15.7. The minimum atomic E-state index is -0.0887. The van der Waals surface area contributed by atoms with Crippen LogP contribution in [0.4, 0.5) is 23.5 Å². The number of anilines is 4. The second-order valence-corrected chi connectivity index (χ2v) is 5.90. The summed E-state index contributed by atoms with van der Waals surface area (Å²) in [6.45, 7) is 0. The van der Waals surface area contributed by atoms with Crippen molar-refractivity contribution in [1.29, 1.82) is 10.8 Å². The van der Waals surface area contributed by atoms with Crippen molar-refractivity contribution < 1.29 is 0 Å². The molecule has 1 aromatic carbocycles. The quantitative estimate of drug-likeness (QED) is 0.295. The summed E-state index contributed by atoms with van der Waals surface area (Å²) in [6, 6.07) is 6.96. The van der Waals surface area contributed by atoms with Crippen LogP contribution in [0.5, 0.6) is 0 Å². The SMILES string of the molecule is N=C(N)c1ccc(Nc2nc(N)nc(NC3=CCC(C(=N)N)C=C3)n2)cc1. The summed E-state index contributed by atoms with van der Waals surface area (Å²) in [5, 5.41) is 21.0. The van der Waals surface area contributed by atoms with Crippen LogP contribution in [0.15, 0.2) is 48.2 Å². The minimum absolute atomic E-state index is 0.00161. The largest absolute Gasteiger partial charge is 0.387 e. The lowest BCUT2D eigenvalue weighted by molar-refractivity contribution is 0.843. The molecule has 2 aromatic rings. The fourth-order valence-corrected chi connectivity index (χ4v) is 2.44. The molecule has 0 radical (unpaired) electrons. The maximum Gasteiger partial charge on any atom is 0.233 e. The van der Waals surface area contributed by atoms with Crippen LogP contribution in [0, 0.1) is 16.7 Å². The van der Waals surface area contributed by atoms with Gasteiger partial charge in [0.2, 0.25) is 17.8 Å². The van der Waals surface area contributed by atoms with E-state index in [1.807, 2.05) is 18.2 Å². The second kappa shape index (κ2) is 7.52. The number of aromatic nitrogens is 3. The molecule has 1 heterocycles. The Bertz CT molecular complexity index is 929. The predicted molar refractivity (Wildman–Crippen MR) is 106 cm³/mol. The first-order valence-electron chi connectivity index (χ1n) is 8.13. The fraction of sp³-hybridized carbons (Fsp3) is 0.118. The summed E-state index contributed by atoms with van der Waals surface area (Å²) in [4.78, 5) is 12.5. The molecule has 138 valence electrons. The Morgan fingerprint density at radius 3 is 2.22 bits per heavy atom. The molecule has 1 atom stereocenters. The van der Waals surface area contributed by atoms with Gasteiger partial charge in [0, 0.05) is 22.9 Å². The van der Waals surface area contributed by atoms with E-state index in [2.05, 4.69) is 25.6 Å². The molecule has 0 amide bonds. The Balaban J connectivity index is 1.72. The third kappa shape index (κ3) is 4.57. The van der Waals surface area contributed by atoms with Gasteiger partial charge >= 0.3 is 0 Å². The zero-order chi connectivity index (χ0) is 19.4. The zero-order valence-electron chi connectivity index (χ0n) is 14.4. The number of rotatable bonds is 6. The predicted octanol–water partition coefficient (Wildman–Crippen LogP) is 1.29. The number of nitrogen functional groups attached to an aromatic ring is 2. The van der Waals surface area contributed by atoms with E-state index in [-0.39, 0.29) is 29.5 Å². The van der Waals surface area contributed by atoms with Crippen molar-refractivity contribution in [3.05, 3.63) is 53.8 Å². The zero-order valence-corrected chi connectivity index (χ0v) is 14.4. The molecule has 0 bridgehead atoms. The van der Waals surface area contributed by atoms with Crippen LogP contribution in [0.3, 0.4) is 0 Å². The lowest BCUT2D eigenvalue weighted by Crippen LogP contribution is -2.22. The standard InChI is InChI=1S/C17H20N10/c18-13(19)9-1-5-11(6-2-9)23-16-25-15(22)26-17(27-16)24-12-7-3-10(4-8-12)14(20)21/h1-3,5-8,10H,4H2,(H3,18,19)(H3,20,21)(H4,22,23,24,25,26,27). The van der Waals surface area contributed by atoms with Crippen molar-refractivity contribution in [1.82, 2.24) is 15.0 Å². The Kier molecular flexibility index (Phi) is 4.97. The molecule has 1 aliphatic carbocycles. The van der Waals surface area contributed by atoms with Gasteiger partial charge in [-0.15, -0.1) is 0 Å². The second-order valence-electron chi connectivity index (χ2n) is 5.90. The summed E-state index contributed by atoms with van der Waals surface area (Å²) in [7, 11) is 0. The number of nitrogens with one attached hydrogen (secondary N) is 4. The monoisotopic (exact) mass is 364 g/mol. The van der Waals surface area contributed by atoms with Crippen LogP contribution in [-0.2, 0) is 0 Å². The van der Waals surface area contributed by atoms with Crippen molar-refractivity contribution in [3.63, 3.8) is 0 Å². The van der Waals surface area contributed by atoms with Gasteiger partial charge in [0.1, 0.15) is 5.84 Å². The van der Waals surface area contributed by atoms with Gasteiger partial charge in [0.15, 0.2) is 0 Å². The molecule has 1 aliphatic rings. The molecule has 1 unspecified atom stereocenters. The molecular weight excluding hydrogens is 344 g/mol. The van der Waals surface area contributed by atoms with Gasteiger partial charge < -0.3 is 27.8 Å². The first-order chi connectivity index (χ1) is 12.9. The summed E-state index contributed by atoms with van der Waals surface area (Å²) in [5.74, 6) is 0.683. The summed E-state index contributed by atoms with van der Waals surface area (Å²) in [5.41, 5.74) is 18.9. The van der Waals surface area contributed by atoms with Crippen molar-refractivity contribution in [3.8, 4) is 0 Å². The first-order valence-corrected chi connectivity index (χ1v) is 8.13. The Labute approximate surface area is 155 Å². The number of allylic oxidation sites excluding steroid dienone is 2. The molecule has 1 aromatic heterocycles. The fourth-order valence-electron chi connectivity index (χ4n) is 2.44. The number of nitrogens with two attached hydrogens (primary N) is 3. The topological polar surface area (TPSA) is 188 Å². The number of amidine groups is 2. The molecule has 27 heavy (non-hydrogen) atoms. The van der Waals surface area contributed by atoms with Gasteiger partial charge in [0.05, 0.1) is 5.84 Å². The van der Waals surface area contributed by atoms with Gasteiger partial charge in [-0.25, -0.2) is 0 Å². The first kappa shape index (κ1) is 17.9. The average Bonchev–Trinajstić information content (AvgIpc) is 2.62. The van der Waals surface area contributed by atoms with Crippen LogP contribution in [0.25, 0.3) is 0 Å². The Morgan fingerprint density at radius 1 is 1.00 bits per heavy atom. The Morgan fingerprint density at radius 2 is 1.67 bits per heavy atom. The lowest BCUT2D eigenvalue weighted by Gasteiger charge is -2.15. The molecule has 0 saturated heterocycles.